The van der Waals surface area contributed by atoms with Gasteiger partial charge in [-0.3, -0.25) is 4.79 Å². The number of nitrogens with two attached hydrogens (primary N) is 1. The third-order valence-corrected chi connectivity index (χ3v) is 4.89. The van der Waals surface area contributed by atoms with Crippen LogP contribution < -0.4 is 11.1 Å². The first-order chi connectivity index (χ1) is 8.07. The lowest BCUT2D eigenvalue weighted by molar-refractivity contribution is -0.122. The van der Waals surface area contributed by atoms with E-state index in [2.05, 4.69) is 21.2 Å². The van der Waals surface area contributed by atoms with Gasteiger partial charge >= 0.3 is 0 Å². The highest BCUT2D eigenvalue weighted by molar-refractivity contribution is 9.10. The molecule has 1 heterocycles. The molecule has 1 amide bonds. The van der Waals surface area contributed by atoms with Crippen molar-refractivity contribution in [2.24, 2.45) is 5.73 Å². The molecule has 1 saturated carbocycles. The van der Waals surface area contributed by atoms with Crippen LogP contribution in [0.25, 0.3) is 0 Å². The van der Waals surface area contributed by atoms with Gasteiger partial charge in [0.25, 0.3) is 0 Å². The predicted octanol–water partition coefficient (Wildman–Crippen LogP) is 2.79. The maximum atomic E-state index is 11.8. The van der Waals surface area contributed by atoms with E-state index in [0.717, 1.165) is 35.0 Å². The lowest BCUT2D eigenvalue weighted by Crippen LogP contribution is -2.41. The summed E-state index contributed by atoms with van der Waals surface area (Å²) in [6.45, 7) is 0.602. The van der Waals surface area contributed by atoms with E-state index in [9.17, 15) is 4.79 Å². The number of nitrogens with one attached hydrogen (secondary N) is 1. The zero-order valence-electron chi connectivity index (χ0n) is 9.67. The Morgan fingerprint density at radius 3 is 2.82 bits per heavy atom. The number of hydrogen-bond acceptors (Lipinski definition) is 3. The Labute approximate surface area is 114 Å². The second-order valence-electron chi connectivity index (χ2n) is 4.75. The second kappa shape index (κ2) is 5.50. The van der Waals surface area contributed by atoms with E-state index in [1.165, 1.54) is 0 Å². The Morgan fingerprint density at radius 2 is 2.24 bits per heavy atom. The number of hydrogen-bond donors (Lipinski definition) is 2. The van der Waals surface area contributed by atoms with E-state index in [4.69, 9.17) is 5.73 Å². The number of carbonyl (C=O) groups excluding carboxylic acids is 1. The van der Waals surface area contributed by atoms with Crippen molar-refractivity contribution in [2.45, 2.75) is 44.2 Å². The van der Waals surface area contributed by atoms with Crippen molar-refractivity contribution in [2.75, 3.05) is 0 Å². The normalized spacial score (nSPS) is 18.2. The molecule has 0 spiro atoms. The van der Waals surface area contributed by atoms with Crippen molar-refractivity contribution >= 4 is 33.2 Å². The van der Waals surface area contributed by atoms with Crippen molar-refractivity contribution < 1.29 is 4.79 Å². The first-order valence-corrected chi connectivity index (χ1v) is 7.53. The molecule has 3 nitrogen and oxygen atoms in total. The van der Waals surface area contributed by atoms with E-state index < -0.39 is 0 Å². The Hall–Kier alpha value is -0.390. The monoisotopic (exact) mass is 316 g/mol. The van der Waals surface area contributed by atoms with Crippen LogP contribution in [0.3, 0.4) is 0 Å². The van der Waals surface area contributed by atoms with Crippen LogP contribution in [0.15, 0.2) is 15.9 Å². The fraction of sp³-hybridized carbons (Fsp3) is 0.583. The Morgan fingerprint density at radius 1 is 1.53 bits per heavy atom. The van der Waals surface area contributed by atoms with Crippen LogP contribution in [0.4, 0.5) is 0 Å². The lowest BCUT2D eigenvalue weighted by atomic mass is 9.94. The number of carbonyl (C=O) groups is 1. The minimum absolute atomic E-state index is 0.0684. The van der Waals surface area contributed by atoms with E-state index in [1.54, 1.807) is 11.3 Å². The highest BCUT2D eigenvalue weighted by atomic mass is 79.9. The molecule has 1 aliphatic carbocycles. The van der Waals surface area contributed by atoms with Gasteiger partial charge in [-0.05, 0) is 34.8 Å². The molecule has 3 N–H and O–H groups in total. The molecule has 0 aromatic carbocycles. The zero-order chi connectivity index (χ0) is 12.3. The highest BCUT2D eigenvalue weighted by Crippen LogP contribution is 2.29. The molecule has 2 rings (SSSR count). The van der Waals surface area contributed by atoms with Gasteiger partial charge in [-0.2, -0.15) is 0 Å². The van der Waals surface area contributed by atoms with Crippen molar-refractivity contribution in [3.8, 4) is 0 Å². The largest absolute Gasteiger partial charge is 0.351 e. The summed E-state index contributed by atoms with van der Waals surface area (Å²) in [6.07, 6.45) is 4.72. The number of halogens is 1. The van der Waals surface area contributed by atoms with E-state index >= 15 is 0 Å². The van der Waals surface area contributed by atoms with Crippen LogP contribution in [-0.2, 0) is 11.3 Å². The predicted molar refractivity (Wildman–Crippen MR) is 73.9 cm³/mol. The quantitative estimate of drug-likeness (QED) is 0.897. The van der Waals surface area contributed by atoms with Crippen LogP contribution in [0.2, 0.25) is 0 Å². The Bertz CT molecular complexity index is 399. The van der Waals surface area contributed by atoms with Gasteiger partial charge in [0, 0.05) is 26.7 Å². The molecular formula is C12H17BrN2OS. The maximum absolute atomic E-state index is 11.8. The van der Waals surface area contributed by atoms with Gasteiger partial charge in [-0.15, -0.1) is 11.3 Å². The molecular weight excluding hydrogens is 300 g/mol. The van der Waals surface area contributed by atoms with Crippen LogP contribution in [0.1, 0.15) is 37.0 Å². The zero-order valence-corrected chi connectivity index (χ0v) is 12.1. The van der Waals surface area contributed by atoms with Crippen molar-refractivity contribution in [1.82, 2.24) is 5.32 Å². The minimum atomic E-state index is -0.250. The minimum Gasteiger partial charge on any atom is -0.351 e. The van der Waals surface area contributed by atoms with Gasteiger partial charge in [-0.1, -0.05) is 12.8 Å². The number of amides is 1. The van der Waals surface area contributed by atoms with E-state index in [1.807, 2.05) is 11.4 Å². The third-order valence-electron chi connectivity index (χ3n) is 3.19. The summed E-state index contributed by atoms with van der Waals surface area (Å²) in [7, 11) is 0. The molecule has 5 heteroatoms. The van der Waals surface area contributed by atoms with Crippen molar-refractivity contribution in [1.29, 1.82) is 0 Å². The van der Waals surface area contributed by atoms with E-state index in [-0.39, 0.29) is 11.4 Å². The summed E-state index contributed by atoms with van der Waals surface area (Å²) in [5.41, 5.74) is 5.92. The van der Waals surface area contributed by atoms with Gasteiger partial charge in [-0.25, -0.2) is 0 Å². The maximum Gasteiger partial charge on any atom is 0.222 e. The highest BCUT2D eigenvalue weighted by Gasteiger charge is 2.31. The number of thiophene rings is 1. The number of rotatable bonds is 4. The summed E-state index contributed by atoms with van der Waals surface area (Å²) in [5.74, 6) is 0.0684. The average Bonchev–Trinajstić information content (AvgIpc) is 2.85. The first-order valence-electron chi connectivity index (χ1n) is 5.86. The summed E-state index contributed by atoms with van der Waals surface area (Å²) in [6, 6.07) is 2.03. The van der Waals surface area contributed by atoms with Gasteiger partial charge < -0.3 is 11.1 Å². The second-order valence-corrected chi connectivity index (χ2v) is 6.67. The van der Waals surface area contributed by atoms with Gasteiger partial charge in [0.1, 0.15) is 0 Å². The first kappa shape index (κ1) is 13.1. The summed E-state index contributed by atoms with van der Waals surface area (Å²) in [4.78, 5) is 12.9. The Kier molecular flexibility index (Phi) is 4.22. The molecule has 0 saturated heterocycles. The third kappa shape index (κ3) is 3.79. The molecule has 0 unspecified atom stereocenters. The topological polar surface area (TPSA) is 55.1 Å². The molecule has 1 fully saturated rings. The van der Waals surface area contributed by atoms with Crippen LogP contribution >= 0.6 is 27.3 Å². The van der Waals surface area contributed by atoms with Crippen molar-refractivity contribution in [3.63, 3.8) is 0 Å². The molecule has 94 valence electrons. The summed E-state index contributed by atoms with van der Waals surface area (Å²) >= 11 is 5.04. The van der Waals surface area contributed by atoms with Crippen LogP contribution in [0.5, 0.6) is 0 Å². The molecule has 0 atom stereocenters. The summed E-state index contributed by atoms with van der Waals surface area (Å²) in [5, 5.41) is 4.95. The van der Waals surface area contributed by atoms with Crippen molar-refractivity contribution in [3.05, 3.63) is 20.8 Å². The van der Waals surface area contributed by atoms with Crippen LogP contribution in [0, 0.1) is 0 Å². The molecule has 17 heavy (non-hydrogen) atoms. The lowest BCUT2D eigenvalue weighted by Gasteiger charge is -2.22. The average molecular weight is 317 g/mol. The fourth-order valence-corrected chi connectivity index (χ4v) is 3.66. The molecule has 0 bridgehead atoms. The smallest absolute Gasteiger partial charge is 0.222 e. The van der Waals surface area contributed by atoms with Gasteiger partial charge in [0.15, 0.2) is 0 Å². The fourth-order valence-electron chi connectivity index (χ4n) is 2.27. The van der Waals surface area contributed by atoms with Crippen LogP contribution in [-0.4, -0.2) is 11.4 Å². The molecule has 0 aliphatic heterocycles. The molecule has 1 aliphatic rings. The molecule has 0 radical (unpaired) electrons. The SMILES string of the molecule is NC1(CC(=O)NCc2cc(Br)cs2)CCCC1. The van der Waals surface area contributed by atoms with E-state index in [0.29, 0.717) is 13.0 Å². The standard InChI is InChI=1S/C12H17BrN2OS/c13-9-5-10(17-8-9)7-15-11(16)6-12(14)3-1-2-4-12/h5,8H,1-4,6-7,14H2,(H,15,16). The van der Waals surface area contributed by atoms with Gasteiger partial charge in [0.05, 0.1) is 6.54 Å². The van der Waals surface area contributed by atoms with Gasteiger partial charge in [0.2, 0.25) is 5.91 Å². The Balaban J connectivity index is 1.77. The summed E-state index contributed by atoms with van der Waals surface area (Å²) < 4.78 is 1.07. The molecule has 1 aromatic rings. The molecule has 1 aromatic heterocycles.